The lowest BCUT2D eigenvalue weighted by atomic mass is 9.80. The number of aryl methyl sites for hydroxylation is 1. The van der Waals surface area contributed by atoms with Gasteiger partial charge in [-0.15, -0.1) is 11.3 Å². The van der Waals surface area contributed by atoms with Crippen molar-refractivity contribution in [1.29, 1.82) is 0 Å². The van der Waals surface area contributed by atoms with E-state index >= 15 is 0 Å². The normalized spacial score (nSPS) is 29.5. The van der Waals surface area contributed by atoms with Gasteiger partial charge < -0.3 is 10.2 Å². The average Bonchev–Trinajstić information content (AvgIpc) is 3.01. The molecule has 22 heavy (non-hydrogen) atoms. The number of aromatic nitrogens is 1. The Kier molecular flexibility index (Phi) is 4.18. The van der Waals surface area contributed by atoms with Crippen LogP contribution in [0, 0.1) is 12.8 Å². The molecule has 1 aromatic rings. The minimum Gasteiger partial charge on any atom is -0.323 e. The molecule has 3 amide bonds. The van der Waals surface area contributed by atoms with Gasteiger partial charge in [0.05, 0.1) is 11.2 Å². The van der Waals surface area contributed by atoms with Gasteiger partial charge >= 0.3 is 6.03 Å². The number of carbonyl (C=O) groups excluding carboxylic acids is 2. The van der Waals surface area contributed by atoms with Gasteiger partial charge in [-0.2, -0.15) is 0 Å². The van der Waals surface area contributed by atoms with Crippen molar-refractivity contribution in [2.75, 3.05) is 19.6 Å². The lowest BCUT2D eigenvalue weighted by Gasteiger charge is -2.39. The van der Waals surface area contributed by atoms with Crippen molar-refractivity contribution in [1.82, 2.24) is 20.5 Å². The number of imide groups is 1. The van der Waals surface area contributed by atoms with Crippen molar-refractivity contribution >= 4 is 23.3 Å². The Labute approximate surface area is 134 Å². The Hall–Kier alpha value is -1.47. The molecule has 0 aromatic carbocycles. The summed E-state index contributed by atoms with van der Waals surface area (Å²) in [5.41, 5.74) is 2.24. The smallest absolute Gasteiger partial charge is 0.322 e. The Bertz CT molecular complexity index is 588. The van der Waals surface area contributed by atoms with E-state index in [-0.39, 0.29) is 17.9 Å². The van der Waals surface area contributed by atoms with Gasteiger partial charge in [0, 0.05) is 23.9 Å². The molecular weight excluding hydrogens is 300 g/mol. The zero-order chi connectivity index (χ0) is 15.7. The Balaban J connectivity index is 1.61. The van der Waals surface area contributed by atoms with Crippen LogP contribution in [-0.2, 0) is 11.2 Å². The summed E-state index contributed by atoms with van der Waals surface area (Å²) >= 11 is 1.71. The molecule has 0 unspecified atom stereocenters. The fourth-order valence-corrected chi connectivity index (χ4v) is 4.17. The summed E-state index contributed by atoms with van der Waals surface area (Å²) in [7, 11) is 0. The predicted molar refractivity (Wildman–Crippen MR) is 84.8 cm³/mol. The molecule has 0 aliphatic carbocycles. The van der Waals surface area contributed by atoms with E-state index in [1.807, 2.05) is 19.4 Å². The van der Waals surface area contributed by atoms with Crippen molar-refractivity contribution < 1.29 is 9.59 Å². The molecule has 120 valence electrons. The highest BCUT2D eigenvalue weighted by Crippen LogP contribution is 2.29. The van der Waals surface area contributed by atoms with Crippen LogP contribution in [-0.4, -0.2) is 47.0 Å². The second kappa shape index (κ2) is 5.96. The number of likely N-dealkylation sites (tertiary alicyclic amines) is 1. The largest absolute Gasteiger partial charge is 0.323 e. The summed E-state index contributed by atoms with van der Waals surface area (Å²) in [6, 6.07) is -0.370. The molecule has 3 rings (SSSR count). The third kappa shape index (κ3) is 2.87. The van der Waals surface area contributed by atoms with Crippen LogP contribution in [0.4, 0.5) is 4.79 Å². The Morgan fingerprint density at radius 3 is 2.95 bits per heavy atom. The van der Waals surface area contributed by atoms with Gasteiger partial charge in [-0.3, -0.25) is 10.1 Å². The predicted octanol–water partition coefficient (Wildman–Crippen LogP) is 1.30. The van der Waals surface area contributed by atoms with Crippen molar-refractivity contribution in [3.63, 3.8) is 0 Å². The molecule has 2 aliphatic heterocycles. The van der Waals surface area contributed by atoms with Crippen molar-refractivity contribution in [3.05, 3.63) is 16.1 Å². The number of thiazole rings is 1. The number of amides is 3. The van der Waals surface area contributed by atoms with E-state index in [0.717, 1.165) is 44.6 Å². The van der Waals surface area contributed by atoms with Crippen LogP contribution >= 0.6 is 11.3 Å². The van der Waals surface area contributed by atoms with Gasteiger partial charge in [0.15, 0.2) is 0 Å². The maximum absolute atomic E-state index is 12.1. The molecular formula is C15H22N4O2S. The van der Waals surface area contributed by atoms with Gasteiger partial charge in [0.1, 0.15) is 5.54 Å². The van der Waals surface area contributed by atoms with E-state index in [2.05, 4.69) is 20.5 Å². The molecule has 6 nitrogen and oxygen atoms in total. The first-order valence-electron chi connectivity index (χ1n) is 7.74. The second-order valence-electron chi connectivity index (χ2n) is 6.36. The molecule has 0 radical (unpaired) electrons. The number of urea groups is 1. The van der Waals surface area contributed by atoms with Crippen molar-refractivity contribution in [2.45, 2.75) is 38.6 Å². The van der Waals surface area contributed by atoms with Gasteiger partial charge in [-0.25, -0.2) is 9.78 Å². The maximum atomic E-state index is 12.1. The molecule has 2 fully saturated rings. The molecule has 1 aromatic heterocycles. The lowest BCUT2D eigenvalue weighted by Crippen LogP contribution is -2.55. The summed E-state index contributed by atoms with van der Waals surface area (Å²) in [4.78, 5) is 31.6. The standard InChI is InChI=1S/C15H22N4O2S/c1-10-12(22-9-16-10)5-7-19-6-3-4-11(8-19)15(2)13(20)17-14(21)18-15/h9,11H,3-8H2,1-2H3,(H2,17,18,20,21)/t11-,15+/m1/s1. The fraction of sp³-hybridized carbons (Fsp3) is 0.667. The fourth-order valence-electron chi connectivity index (χ4n) is 3.40. The van der Waals surface area contributed by atoms with Crippen LogP contribution in [0.15, 0.2) is 5.51 Å². The molecule has 2 N–H and O–H groups in total. The molecule has 2 saturated heterocycles. The summed E-state index contributed by atoms with van der Waals surface area (Å²) in [5, 5.41) is 5.18. The lowest BCUT2D eigenvalue weighted by molar-refractivity contribution is -0.126. The topological polar surface area (TPSA) is 74.3 Å². The maximum Gasteiger partial charge on any atom is 0.322 e. The van der Waals surface area contributed by atoms with Crippen molar-refractivity contribution in [3.8, 4) is 0 Å². The summed E-state index contributed by atoms with van der Waals surface area (Å²) in [6.45, 7) is 6.77. The van der Waals surface area contributed by atoms with Crippen LogP contribution in [0.3, 0.4) is 0 Å². The third-order valence-electron chi connectivity index (χ3n) is 4.89. The third-order valence-corrected chi connectivity index (χ3v) is 5.89. The molecule has 2 aliphatic rings. The van der Waals surface area contributed by atoms with Crippen LogP contribution in [0.2, 0.25) is 0 Å². The minimum absolute atomic E-state index is 0.162. The molecule has 0 spiro atoms. The molecule has 2 atom stereocenters. The van der Waals surface area contributed by atoms with Gasteiger partial charge in [-0.1, -0.05) is 0 Å². The average molecular weight is 322 g/mol. The molecule has 7 heteroatoms. The highest BCUT2D eigenvalue weighted by atomic mass is 32.1. The van der Waals surface area contributed by atoms with E-state index in [4.69, 9.17) is 0 Å². The SMILES string of the molecule is Cc1ncsc1CCN1CCC[C@@H]([C@]2(C)NC(=O)NC2=O)C1. The van der Waals surface area contributed by atoms with Gasteiger partial charge in [0.2, 0.25) is 0 Å². The Morgan fingerprint density at radius 1 is 1.50 bits per heavy atom. The van der Waals surface area contributed by atoms with Crippen LogP contribution < -0.4 is 10.6 Å². The van der Waals surface area contributed by atoms with Gasteiger partial charge in [0.25, 0.3) is 5.91 Å². The van der Waals surface area contributed by atoms with E-state index < -0.39 is 5.54 Å². The van der Waals surface area contributed by atoms with Crippen LogP contribution in [0.1, 0.15) is 30.3 Å². The second-order valence-corrected chi connectivity index (χ2v) is 7.30. The first-order valence-corrected chi connectivity index (χ1v) is 8.62. The van der Waals surface area contributed by atoms with E-state index in [9.17, 15) is 9.59 Å². The number of hydrogen-bond donors (Lipinski definition) is 2. The quantitative estimate of drug-likeness (QED) is 0.820. The number of hydrogen-bond acceptors (Lipinski definition) is 5. The summed E-state index contributed by atoms with van der Waals surface area (Å²) in [6.07, 6.45) is 3.03. The van der Waals surface area contributed by atoms with E-state index in [1.54, 1.807) is 11.3 Å². The van der Waals surface area contributed by atoms with Crippen molar-refractivity contribution in [2.24, 2.45) is 5.92 Å². The summed E-state index contributed by atoms with van der Waals surface area (Å²) < 4.78 is 0. The highest BCUT2D eigenvalue weighted by molar-refractivity contribution is 7.09. The number of nitrogens with zero attached hydrogens (tertiary/aromatic N) is 2. The first-order chi connectivity index (χ1) is 10.5. The number of rotatable bonds is 4. The minimum atomic E-state index is -0.768. The number of nitrogens with one attached hydrogen (secondary N) is 2. The van der Waals surface area contributed by atoms with E-state index in [0.29, 0.717) is 0 Å². The highest BCUT2D eigenvalue weighted by Gasteiger charge is 2.48. The number of piperidine rings is 1. The summed E-state index contributed by atoms with van der Waals surface area (Å²) in [5.74, 6) is -0.0297. The van der Waals surface area contributed by atoms with Crippen LogP contribution in [0.5, 0.6) is 0 Å². The van der Waals surface area contributed by atoms with Crippen LogP contribution in [0.25, 0.3) is 0 Å². The van der Waals surface area contributed by atoms with Gasteiger partial charge in [-0.05, 0) is 39.7 Å². The van der Waals surface area contributed by atoms with E-state index in [1.165, 1.54) is 4.88 Å². The first kappa shape index (κ1) is 15.4. The zero-order valence-electron chi connectivity index (χ0n) is 13.0. The number of carbonyl (C=O) groups is 2. The monoisotopic (exact) mass is 322 g/mol. The zero-order valence-corrected chi connectivity index (χ0v) is 13.8. The Morgan fingerprint density at radius 2 is 2.32 bits per heavy atom. The molecule has 3 heterocycles. The molecule has 0 saturated carbocycles. The molecule has 0 bridgehead atoms.